The van der Waals surface area contributed by atoms with E-state index in [4.69, 9.17) is 11.6 Å². The number of phenolic OH excluding ortho intramolecular Hbond substituents is 2. The fourth-order valence-corrected chi connectivity index (χ4v) is 1.35. The number of benzene rings is 1. The molecule has 0 radical (unpaired) electrons. The summed E-state index contributed by atoms with van der Waals surface area (Å²) in [4.78, 5) is 10.9. The molecular weight excluding hydrogens is 220 g/mol. The second kappa shape index (κ2) is 4.89. The summed E-state index contributed by atoms with van der Waals surface area (Å²) in [5.74, 6) is -0.685. The number of hydrogen-bond acceptors (Lipinski definition) is 4. The highest BCUT2D eigenvalue weighted by Gasteiger charge is 2.12. The van der Waals surface area contributed by atoms with Crippen molar-refractivity contribution < 1.29 is 19.7 Å². The third-order valence-corrected chi connectivity index (χ3v) is 2.32. The molecule has 0 aromatic heterocycles. The van der Waals surface area contributed by atoms with E-state index < -0.39 is 5.97 Å². The Morgan fingerprint density at radius 3 is 2.73 bits per heavy atom. The first-order valence-electron chi connectivity index (χ1n) is 4.32. The third kappa shape index (κ3) is 2.76. The van der Waals surface area contributed by atoms with Gasteiger partial charge in [-0.25, -0.2) is 0 Å². The van der Waals surface area contributed by atoms with Gasteiger partial charge in [0.1, 0.15) is 11.5 Å². The van der Waals surface area contributed by atoms with E-state index in [0.717, 1.165) is 0 Å². The van der Waals surface area contributed by atoms with E-state index in [9.17, 15) is 15.0 Å². The summed E-state index contributed by atoms with van der Waals surface area (Å²) >= 11 is 5.66. The monoisotopic (exact) mass is 230 g/mol. The van der Waals surface area contributed by atoms with E-state index in [1.165, 1.54) is 19.2 Å². The number of aromatic hydroxyl groups is 2. The molecule has 0 aliphatic carbocycles. The minimum absolute atomic E-state index is 0.0813. The maximum absolute atomic E-state index is 10.9. The van der Waals surface area contributed by atoms with Gasteiger partial charge < -0.3 is 14.9 Å². The van der Waals surface area contributed by atoms with Crippen molar-refractivity contribution in [1.29, 1.82) is 0 Å². The fraction of sp³-hybridized carbons (Fsp3) is 0.300. The lowest BCUT2D eigenvalue weighted by Crippen LogP contribution is -2.02. The number of carbonyl (C=O) groups is 1. The van der Waals surface area contributed by atoms with Crippen LogP contribution in [-0.4, -0.2) is 23.3 Å². The molecule has 15 heavy (non-hydrogen) atoms. The smallest absolute Gasteiger partial charge is 0.305 e. The Morgan fingerprint density at radius 1 is 1.47 bits per heavy atom. The van der Waals surface area contributed by atoms with E-state index >= 15 is 0 Å². The predicted molar refractivity (Wildman–Crippen MR) is 55.1 cm³/mol. The molecule has 0 aliphatic rings. The van der Waals surface area contributed by atoms with Crippen molar-refractivity contribution in [2.75, 3.05) is 7.11 Å². The number of esters is 1. The lowest BCUT2D eigenvalue weighted by atomic mass is 10.1. The summed E-state index contributed by atoms with van der Waals surface area (Å²) in [7, 11) is 1.28. The van der Waals surface area contributed by atoms with Crippen LogP contribution in [0.2, 0.25) is 5.02 Å². The second-order valence-electron chi connectivity index (χ2n) is 2.97. The van der Waals surface area contributed by atoms with Gasteiger partial charge in [-0.15, -0.1) is 0 Å². The zero-order valence-electron chi connectivity index (χ0n) is 8.16. The normalized spacial score (nSPS) is 10.0. The number of phenols is 2. The second-order valence-corrected chi connectivity index (χ2v) is 3.38. The van der Waals surface area contributed by atoms with Crippen LogP contribution in [-0.2, 0) is 16.0 Å². The van der Waals surface area contributed by atoms with Crippen LogP contribution >= 0.6 is 11.6 Å². The van der Waals surface area contributed by atoms with Crippen molar-refractivity contribution in [2.24, 2.45) is 0 Å². The first-order chi connectivity index (χ1) is 7.06. The Hall–Kier alpha value is -1.42. The van der Waals surface area contributed by atoms with Crippen LogP contribution in [0.1, 0.15) is 12.0 Å². The van der Waals surface area contributed by atoms with E-state index in [-0.39, 0.29) is 34.9 Å². The molecule has 1 aromatic carbocycles. The van der Waals surface area contributed by atoms with Gasteiger partial charge in [-0.05, 0) is 18.6 Å². The van der Waals surface area contributed by atoms with Crippen LogP contribution in [0.15, 0.2) is 12.1 Å². The lowest BCUT2D eigenvalue weighted by molar-refractivity contribution is -0.140. The summed E-state index contributed by atoms with van der Waals surface area (Å²) < 4.78 is 4.45. The molecule has 2 N–H and O–H groups in total. The van der Waals surface area contributed by atoms with Gasteiger partial charge in [-0.3, -0.25) is 4.79 Å². The van der Waals surface area contributed by atoms with E-state index in [0.29, 0.717) is 0 Å². The van der Waals surface area contributed by atoms with Crippen molar-refractivity contribution in [3.63, 3.8) is 0 Å². The summed E-state index contributed by atoms with van der Waals surface area (Å²) in [6, 6.07) is 2.75. The maximum atomic E-state index is 10.9. The number of hydrogen-bond donors (Lipinski definition) is 2. The highest BCUT2D eigenvalue weighted by molar-refractivity contribution is 6.32. The maximum Gasteiger partial charge on any atom is 0.305 e. The van der Waals surface area contributed by atoms with Crippen LogP contribution in [0.4, 0.5) is 0 Å². The Bertz CT molecular complexity index is 376. The van der Waals surface area contributed by atoms with Crippen LogP contribution in [0.3, 0.4) is 0 Å². The van der Waals surface area contributed by atoms with Crippen molar-refractivity contribution in [3.8, 4) is 11.5 Å². The number of rotatable bonds is 3. The molecule has 0 saturated carbocycles. The molecule has 4 nitrogen and oxygen atoms in total. The van der Waals surface area contributed by atoms with Gasteiger partial charge in [0.15, 0.2) is 0 Å². The van der Waals surface area contributed by atoms with Gasteiger partial charge in [-0.2, -0.15) is 0 Å². The summed E-state index contributed by atoms with van der Waals surface area (Å²) in [6.07, 6.45) is 0.267. The van der Waals surface area contributed by atoms with Crippen LogP contribution < -0.4 is 0 Å². The highest BCUT2D eigenvalue weighted by Crippen LogP contribution is 2.34. The number of methoxy groups -OCH3 is 1. The largest absolute Gasteiger partial charge is 0.508 e. The molecule has 0 fully saturated rings. The van der Waals surface area contributed by atoms with Gasteiger partial charge in [0.2, 0.25) is 0 Å². The molecule has 0 atom stereocenters. The molecule has 0 aliphatic heterocycles. The molecule has 82 valence electrons. The lowest BCUT2D eigenvalue weighted by Gasteiger charge is -2.07. The fourth-order valence-electron chi connectivity index (χ4n) is 1.17. The summed E-state index contributed by atoms with van der Waals surface area (Å²) in [5, 5.41) is 19.1. The van der Waals surface area contributed by atoms with E-state index in [1.807, 2.05) is 0 Å². The molecule has 0 amide bonds. The van der Waals surface area contributed by atoms with E-state index in [2.05, 4.69) is 4.74 Å². The Kier molecular flexibility index (Phi) is 3.80. The van der Waals surface area contributed by atoms with Gasteiger partial charge in [0, 0.05) is 12.0 Å². The Labute approximate surface area is 92.1 Å². The molecule has 0 heterocycles. The zero-order valence-corrected chi connectivity index (χ0v) is 8.91. The SMILES string of the molecule is COC(=O)CCc1c(O)ccc(Cl)c1O. The van der Waals surface area contributed by atoms with Crippen LogP contribution in [0.25, 0.3) is 0 Å². The molecule has 0 unspecified atom stereocenters. The summed E-state index contributed by atoms with van der Waals surface area (Å²) in [5.41, 5.74) is 0.257. The van der Waals surface area contributed by atoms with Gasteiger partial charge >= 0.3 is 5.97 Å². The molecular formula is C10H11ClO4. The van der Waals surface area contributed by atoms with Crippen LogP contribution in [0.5, 0.6) is 11.5 Å². The van der Waals surface area contributed by atoms with Gasteiger partial charge in [0.25, 0.3) is 0 Å². The molecule has 1 rings (SSSR count). The third-order valence-electron chi connectivity index (χ3n) is 2.02. The molecule has 0 spiro atoms. The van der Waals surface area contributed by atoms with Crippen molar-refractivity contribution in [2.45, 2.75) is 12.8 Å². The first kappa shape index (κ1) is 11.7. The highest BCUT2D eigenvalue weighted by atomic mass is 35.5. The predicted octanol–water partition coefficient (Wildman–Crippen LogP) is 1.86. The first-order valence-corrected chi connectivity index (χ1v) is 4.70. The zero-order chi connectivity index (χ0) is 11.4. The minimum Gasteiger partial charge on any atom is -0.508 e. The molecule has 0 saturated heterocycles. The van der Waals surface area contributed by atoms with Gasteiger partial charge in [0.05, 0.1) is 12.1 Å². The Morgan fingerprint density at radius 2 is 2.13 bits per heavy atom. The number of halogens is 1. The molecule has 1 aromatic rings. The average Bonchev–Trinajstić information content (AvgIpc) is 2.23. The standard InChI is InChI=1S/C10H11ClO4/c1-15-9(13)5-2-6-8(12)4-3-7(11)10(6)14/h3-4,12,14H,2,5H2,1H3. The topological polar surface area (TPSA) is 66.8 Å². The average molecular weight is 231 g/mol. The van der Waals surface area contributed by atoms with Crippen molar-refractivity contribution >= 4 is 17.6 Å². The van der Waals surface area contributed by atoms with Crippen molar-refractivity contribution in [3.05, 3.63) is 22.7 Å². The Balaban J connectivity index is 2.84. The molecule has 0 bridgehead atoms. The van der Waals surface area contributed by atoms with E-state index in [1.54, 1.807) is 0 Å². The van der Waals surface area contributed by atoms with Crippen LogP contribution in [0, 0.1) is 0 Å². The quantitative estimate of drug-likeness (QED) is 0.778. The van der Waals surface area contributed by atoms with Gasteiger partial charge in [-0.1, -0.05) is 11.6 Å². The summed E-state index contributed by atoms with van der Waals surface area (Å²) in [6.45, 7) is 0. The molecule has 5 heteroatoms. The van der Waals surface area contributed by atoms with Crippen molar-refractivity contribution in [1.82, 2.24) is 0 Å². The number of carbonyl (C=O) groups excluding carboxylic acids is 1. The number of ether oxygens (including phenoxy) is 1. The minimum atomic E-state index is -0.409.